The van der Waals surface area contributed by atoms with E-state index in [1.807, 2.05) is 39.0 Å². The second-order valence-corrected chi connectivity index (χ2v) is 8.91. The van der Waals surface area contributed by atoms with Gasteiger partial charge < -0.3 is 24.8 Å². The first-order valence-electron chi connectivity index (χ1n) is 12.5. The van der Waals surface area contributed by atoms with E-state index in [9.17, 15) is 14.4 Å². The minimum atomic E-state index is -0.978. The van der Waals surface area contributed by atoms with E-state index < -0.39 is 11.8 Å². The van der Waals surface area contributed by atoms with Crippen molar-refractivity contribution in [3.05, 3.63) is 76.3 Å². The SMILES string of the molecule is CCOc1ccccc1NC(=O)C(=O)N/N=C\c1cc(Cl)c(OCC(=O)Nc2ccc(C)cc2C)c(OCC)c1. The van der Waals surface area contributed by atoms with Gasteiger partial charge in [-0.1, -0.05) is 41.4 Å². The van der Waals surface area contributed by atoms with Crippen LogP contribution < -0.4 is 30.3 Å². The number of rotatable bonds is 11. The van der Waals surface area contributed by atoms with Crippen LogP contribution in [0.4, 0.5) is 11.4 Å². The second kappa shape index (κ2) is 14.5. The van der Waals surface area contributed by atoms with Gasteiger partial charge in [-0.15, -0.1) is 0 Å². The van der Waals surface area contributed by atoms with Gasteiger partial charge in [0.2, 0.25) is 0 Å². The minimum Gasteiger partial charge on any atom is -0.492 e. The first-order chi connectivity index (χ1) is 19.2. The zero-order valence-corrected chi connectivity index (χ0v) is 23.4. The third-order valence-corrected chi connectivity index (χ3v) is 5.64. The molecule has 11 heteroatoms. The number of hydrogen-bond donors (Lipinski definition) is 3. The molecule has 0 aliphatic rings. The number of benzene rings is 3. The van der Waals surface area contributed by atoms with Crippen LogP contribution in [0.5, 0.6) is 17.2 Å². The summed E-state index contributed by atoms with van der Waals surface area (Å²) in [5.74, 6) is -1.34. The topological polar surface area (TPSA) is 127 Å². The summed E-state index contributed by atoms with van der Waals surface area (Å²) < 4.78 is 16.8. The monoisotopic (exact) mass is 566 g/mol. The Hall–Kier alpha value is -4.57. The van der Waals surface area contributed by atoms with Crippen molar-refractivity contribution < 1.29 is 28.6 Å². The lowest BCUT2D eigenvalue weighted by molar-refractivity contribution is -0.136. The minimum absolute atomic E-state index is 0.170. The van der Waals surface area contributed by atoms with E-state index in [-0.39, 0.29) is 29.0 Å². The van der Waals surface area contributed by atoms with Crippen LogP contribution in [0.3, 0.4) is 0 Å². The average Bonchev–Trinajstić information content (AvgIpc) is 2.91. The molecular weight excluding hydrogens is 536 g/mol. The number of hydrogen-bond acceptors (Lipinski definition) is 7. The number of para-hydroxylation sites is 2. The fourth-order valence-corrected chi connectivity index (χ4v) is 3.86. The number of nitrogens with one attached hydrogen (secondary N) is 3. The van der Waals surface area contributed by atoms with Gasteiger partial charge in [-0.05, 0) is 69.2 Å². The Kier molecular flexibility index (Phi) is 10.9. The Morgan fingerprint density at radius 3 is 2.30 bits per heavy atom. The summed E-state index contributed by atoms with van der Waals surface area (Å²) in [5.41, 5.74) is 5.71. The number of aryl methyl sites for hydroxylation is 2. The molecular formula is C29H31ClN4O6. The van der Waals surface area contributed by atoms with Crippen molar-refractivity contribution in [2.45, 2.75) is 27.7 Å². The predicted molar refractivity (Wildman–Crippen MR) is 155 cm³/mol. The number of amides is 3. The van der Waals surface area contributed by atoms with Gasteiger partial charge in [0.25, 0.3) is 5.91 Å². The van der Waals surface area contributed by atoms with Crippen LogP contribution in [-0.2, 0) is 14.4 Å². The largest absolute Gasteiger partial charge is 0.492 e. The highest BCUT2D eigenvalue weighted by Crippen LogP contribution is 2.36. The number of anilines is 2. The summed E-state index contributed by atoms with van der Waals surface area (Å²) in [6.45, 7) is 7.90. The van der Waals surface area contributed by atoms with Gasteiger partial charge in [0.1, 0.15) is 5.75 Å². The number of halogens is 1. The molecule has 0 bridgehead atoms. The fourth-order valence-electron chi connectivity index (χ4n) is 3.59. The van der Waals surface area contributed by atoms with E-state index >= 15 is 0 Å². The zero-order chi connectivity index (χ0) is 29.1. The van der Waals surface area contributed by atoms with Crippen molar-refractivity contribution >= 4 is 46.9 Å². The maximum absolute atomic E-state index is 12.5. The highest BCUT2D eigenvalue weighted by atomic mass is 35.5. The van der Waals surface area contributed by atoms with E-state index in [0.29, 0.717) is 35.9 Å². The molecule has 3 rings (SSSR count). The molecule has 40 heavy (non-hydrogen) atoms. The second-order valence-electron chi connectivity index (χ2n) is 8.50. The molecule has 0 atom stereocenters. The highest BCUT2D eigenvalue weighted by Gasteiger charge is 2.17. The standard InChI is InChI=1S/C29H31ClN4O6/c1-5-38-24-10-8-7-9-23(24)33-28(36)29(37)34-31-16-20-14-21(30)27(25(15-20)39-6-2)40-17-26(35)32-22-12-11-18(3)13-19(22)4/h7-16H,5-6,17H2,1-4H3,(H,32,35)(H,33,36)(H,34,37)/b31-16-. The first kappa shape index (κ1) is 30.0. The van der Waals surface area contributed by atoms with E-state index in [1.165, 1.54) is 12.3 Å². The number of nitrogens with zero attached hydrogens (tertiary/aromatic N) is 1. The molecule has 3 N–H and O–H groups in total. The number of hydrazone groups is 1. The van der Waals surface area contributed by atoms with E-state index in [2.05, 4.69) is 21.2 Å². The molecule has 0 fully saturated rings. The van der Waals surface area contributed by atoms with Crippen molar-refractivity contribution in [1.29, 1.82) is 0 Å². The van der Waals surface area contributed by atoms with Crippen LogP contribution in [-0.4, -0.2) is 43.8 Å². The van der Waals surface area contributed by atoms with Crippen molar-refractivity contribution in [2.24, 2.45) is 5.10 Å². The summed E-state index contributed by atoms with van der Waals surface area (Å²) in [5, 5.41) is 9.31. The summed E-state index contributed by atoms with van der Waals surface area (Å²) in [6.07, 6.45) is 1.30. The Morgan fingerprint density at radius 2 is 1.57 bits per heavy atom. The maximum atomic E-state index is 12.5. The summed E-state index contributed by atoms with van der Waals surface area (Å²) in [6, 6.07) is 15.6. The average molecular weight is 567 g/mol. The molecule has 0 aromatic heterocycles. The van der Waals surface area contributed by atoms with E-state index in [0.717, 1.165) is 11.1 Å². The van der Waals surface area contributed by atoms with Crippen LogP contribution in [0.25, 0.3) is 0 Å². The van der Waals surface area contributed by atoms with Crippen molar-refractivity contribution in [1.82, 2.24) is 5.43 Å². The molecule has 0 radical (unpaired) electrons. The normalized spacial score (nSPS) is 10.6. The molecule has 10 nitrogen and oxygen atoms in total. The Morgan fingerprint density at radius 1 is 0.850 bits per heavy atom. The molecule has 0 heterocycles. The van der Waals surface area contributed by atoms with Crippen molar-refractivity contribution in [3.63, 3.8) is 0 Å². The van der Waals surface area contributed by atoms with Gasteiger partial charge in [-0.2, -0.15) is 5.10 Å². The number of ether oxygens (including phenoxy) is 3. The number of carbonyl (C=O) groups excluding carboxylic acids is 3. The molecule has 0 saturated carbocycles. The molecule has 0 saturated heterocycles. The zero-order valence-electron chi connectivity index (χ0n) is 22.7. The third-order valence-electron chi connectivity index (χ3n) is 5.36. The fraction of sp³-hybridized carbons (Fsp3) is 0.241. The molecule has 3 amide bonds. The molecule has 0 unspecified atom stereocenters. The summed E-state index contributed by atoms with van der Waals surface area (Å²) in [4.78, 5) is 37.0. The summed E-state index contributed by atoms with van der Waals surface area (Å²) in [7, 11) is 0. The van der Waals surface area contributed by atoms with Gasteiger partial charge >= 0.3 is 11.8 Å². The van der Waals surface area contributed by atoms with Crippen LogP contribution in [0, 0.1) is 13.8 Å². The lowest BCUT2D eigenvalue weighted by Gasteiger charge is -2.15. The molecule has 3 aromatic rings. The molecule has 0 spiro atoms. The first-order valence-corrected chi connectivity index (χ1v) is 12.9. The Balaban J connectivity index is 1.62. The molecule has 3 aromatic carbocycles. The molecule has 0 aliphatic carbocycles. The van der Waals surface area contributed by atoms with Crippen molar-refractivity contribution in [2.75, 3.05) is 30.5 Å². The van der Waals surface area contributed by atoms with E-state index in [1.54, 1.807) is 37.3 Å². The Bertz CT molecular complexity index is 1410. The van der Waals surface area contributed by atoms with Crippen LogP contribution >= 0.6 is 11.6 Å². The lowest BCUT2D eigenvalue weighted by Crippen LogP contribution is -2.32. The Labute approximate surface area is 237 Å². The van der Waals surface area contributed by atoms with Crippen LogP contribution in [0.2, 0.25) is 5.02 Å². The maximum Gasteiger partial charge on any atom is 0.329 e. The van der Waals surface area contributed by atoms with Gasteiger partial charge in [-0.3, -0.25) is 14.4 Å². The van der Waals surface area contributed by atoms with E-state index in [4.69, 9.17) is 25.8 Å². The lowest BCUT2D eigenvalue weighted by atomic mass is 10.1. The number of carbonyl (C=O) groups is 3. The third kappa shape index (κ3) is 8.47. The van der Waals surface area contributed by atoms with Gasteiger partial charge in [-0.25, -0.2) is 5.43 Å². The van der Waals surface area contributed by atoms with Gasteiger partial charge in [0, 0.05) is 5.69 Å². The summed E-state index contributed by atoms with van der Waals surface area (Å²) >= 11 is 6.42. The predicted octanol–water partition coefficient (Wildman–Crippen LogP) is 4.86. The molecule has 0 aliphatic heterocycles. The molecule has 210 valence electrons. The van der Waals surface area contributed by atoms with Crippen LogP contribution in [0.1, 0.15) is 30.5 Å². The highest BCUT2D eigenvalue weighted by molar-refractivity contribution is 6.39. The smallest absolute Gasteiger partial charge is 0.329 e. The quantitative estimate of drug-likeness (QED) is 0.173. The van der Waals surface area contributed by atoms with Gasteiger partial charge in [0.15, 0.2) is 18.1 Å². The van der Waals surface area contributed by atoms with Gasteiger partial charge in [0.05, 0.1) is 30.1 Å². The van der Waals surface area contributed by atoms with Crippen LogP contribution in [0.15, 0.2) is 59.7 Å². The van der Waals surface area contributed by atoms with Crippen molar-refractivity contribution in [3.8, 4) is 17.2 Å².